The van der Waals surface area contributed by atoms with E-state index in [4.69, 9.17) is 4.74 Å². The third-order valence-electron chi connectivity index (χ3n) is 3.52. The van der Waals surface area contributed by atoms with Gasteiger partial charge >= 0.3 is 0 Å². The number of nitrogens with zero attached hydrogens (tertiary/aromatic N) is 2. The number of hydrogen-bond acceptors (Lipinski definition) is 4. The standard InChI is InChI=1S/C18H16N2O3/c1-12-6-8-16-19-18(13-4-3-5-14(10-13)23-2)15(20(16)11-12)7-9-17(21)22/h3-11H,1-2H3,(H,21,22)/p-1/b9-7+. The molecule has 5 heteroatoms. The van der Waals surface area contributed by atoms with E-state index in [0.717, 1.165) is 22.9 Å². The largest absolute Gasteiger partial charge is 0.545 e. The fourth-order valence-corrected chi connectivity index (χ4v) is 2.46. The highest BCUT2D eigenvalue weighted by molar-refractivity contribution is 5.86. The van der Waals surface area contributed by atoms with Gasteiger partial charge in [-0.15, -0.1) is 0 Å². The summed E-state index contributed by atoms with van der Waals surface area (Å²) in [6, 6.07) is 11.4. The second-order valence-electron chi connectivity index (χ2n) is 5.16. The zero-order valence-electron chi connectivity index (χ0n) is 12.8. The van der Waals surface area contributed by atoms with Crippen molar-refractivity contribution in [1.82, 2.24) is 9.38 Å². The van der Waals surface area contributed by atoms with Gasteiger partial charge in [-0.25, -0.2) is 4.98 Å². The van der Waals surface area contributed by atoms with Crippen LogP contribution in [-0.4, -0.2) is 22.5 Å². The number of aryl methyl sites for hydroxylation is 1. The van der Waals surface area contributed by atoms with Crippen molar-refractivity contribution in [3.8, 4) is 17.0 Å². The summed E-state index contributed by atoms with van der Waals surface area (Å²) in [6.07, 6.45) is 4.43. The van der Waals surface area contributed by atoms with E-state index in [1.807, 2.05) is 53.9 Å². The number of carbonyl (C=O) groups is 1. The SMILES string of the molecule is COc1cccc(-c2nc3ccc(C)cn3c2/C=C/C(=O)[O-])c1. The molecule has 0 aliphatic heterocycles. The Morgan fingerprint density at radius 2 is 2.13 bits per heavy atom. The van der Waals surface area contributed by atoms with E-state index in [2.05, 4.69) is 4.98 Å². The highest BCUT2D eigenvalue weighted by Gasteiger charge is 2.12. The molecule has 5 nitrogen and oxygen atoms in total. The highest BCUT2D eigenvalue weighted by atomic mass is 16.5. The van der Waals surface area contributed by atoms with Crippen molar-refractivity contribution < 1.29 is 14.6 Å². The van der Waals surface area contributed by atoms with Crippen LogP contribution >= 0.6 is 0 Å². The first-order valence-electron chi connectivity index (χ1n) is 7.10. The molecule has 116 valence electrons. The lowest BCUT2D eigenvalue weighted by Crippen LogP contribution is -2.18. The molecule has 0 N–H and O–H groups in total. The van der Waals surface area contributed by atoms with Gasteiger partial charge in [0.2, 0.25) is 0 Å². The molecule has 3 rings (SSSR count). The van der Waals surface area contributed by atoms with E-state index >= 15 is 0 Å². The van der Waals surface area contributed by atoms with Crippen LogP contribution in [0.25, 0.3) is 23.0 Å². The summed E-state index contributed by atoms with van der Waals surface area (Å²) < 4.78 is 7.12. The molecule has 0 radical (unpaired) electrons. The van der Waals surface area contributed by atoms with E-state index in [0.29, 0.717) is 17.1 Å². The number of benzene rings is 1. The van der Waals surface area contributed by atoms with Gasteiger partial charge in [-0.3, -0.25) is 4.40 Å². The number of imidazole rings is 1. The minimum Gasteiger partial charge on any atom is -0.545 e. The first-order valence-corrected chi connectivity index (χ1v) is 7.10. The van der Waals surface area contributed by atoms with Crippen LogP contribution in [0.4, 0.5) is 0 Å². The zero-order valence-corrected chi connectivity index (χ0v) is 12.8. The predicted molar refractivity (Wildman–Crippen MR) is 86.0 cm³/mol. The van der Waals surface area contributed by atoms with Crippen LogP contribution in [0.15, 0.2) is 48.7 Å². The number of rotatable bonds is 4. The number of methoxy groups -OCH3 is 1. The van der Waals surface area contributed by atoms with Gasteiger partial charge in [-0.05, 0) is 42.8 Å². The summed E-state index contributed by atoms with van der Waals surface area (Å²) in [4.78, 5) is 15.4. The number of aliphatic carboxylic acids is 1. The van der Waals surface area contributed by atoms with Crippen LogP contribution in [0.3, 0.4) is 0 Å². The molecule has 0 bridgehead atoms. The summed E-state index contributed by atoms with van der Waals surface area (Å²) in [6.45, 7) is 1.97. The number of pyridine rings is 1. The molecule has 0 saturated carbocycles. The third-order valence-corrected chi connectivity index (χ3v) is 3.52. The van der Waals surface area contributed by atoms with Crippen LogP contribution < -0.4 is 9.84 Å². The van der Waals surface area contributed by atoms with Gasteiger partial charge in [0.25, 0.3) is 0 Å². The maximum atomic E-state index is 10.8. The number of carboxylic acids is 1. The van der Waals surface area contributed by atoms with Crippen molar-refractivity contribution in [2.75, 3.05) is 7.11 Å². The van der Waals surface area contributed by atoms with Crippen molar-refractivity contribution in [2.45, 2.75) is 6.92 Å². The van der Waals surface area contributed by atoms with Crippen molar-refractivity contribution in [1.29, 1.82) is 0 Å². The van der Waals surface area contributed by atoms with E-state index < -0.39 is 5.97 Å². The lowest BCUT2D eigenvalue weighted by atomic mass is 10.1. The zero-order chi connectivity index (χ0) is 16.4. The van der Waals surface area contributed by atoms with Crippen molar-refractivity contribution in [3.63, 3.8) is 0 Å². The molecule has 0 atom stereocenters. The molecule has 0 fully saturated rings. The molecule has 23 heavy (non-hydrogen) atoms. The summed E-state index contributed by atoms with van der Waals surface area (Å²) in [5.41, 5.74) is 4.01. The predicted octanol–water partition coefficient (Wildman–Crippen LogP) is 2.08. The maximum absolute atomic E-state index is 10.8. The molecular formula is C18H15N2O3-. The second kappa shape index (κ2) is 5.96. The van der Waals surface area contributed by atoms with Gasteiger partial charge in [0.1, 0.15) is 11.4 Å². The molecule has 1 aromatic carbocycles. The van der Waals surface area contributed by atoms with Crippen LogP contribution in [0.1, 0.15) is 11.3 Å². The molecule has 0 aliphatic carbocycles. The first-order chi connectivity index (χ1) is 11.1. The highest BCUT2D eigenvalue weighted by Crippen LogP contribution is 2.28. The fraction of sp³-hybridized carbons (Fsp3) is 0.111. The smallest absolute Gasteiger partial charge is 0.137 e. The quantitative estimate of drug-likeness (QED) is 0.692. The number of hydrogen-bond donors (Lipinski definition) is 0. The van der Waals surface area contributed by atoms with Gasteiger partial charge in [-0.1, -0.05) is 18.2 Å². The van der Waals surface area contributed by atoms with Gasteiger partial charge in [0, 0.05) is 11.8 Å². The minimum absolute atomic E-state index is 0.682. The Morgan fingerprint density at radius 1 is 1.30 bits per heavy atom. The molecular weight excluding hydrogens is 292 g/mol. The summed E-state index contributed by atoms with van der Waals surface area (Å²) in [5, 5.41) is 10.8. The van der Waals surface area contributed by atoms with E-state index in [1.165, 1.54) is 6.08 Å². The summed E-state index contributed by atoms with van der Waals surface area (Å²) in [5.74, 6) is -0.533. The second-order valence-corrected chi connectivity index (χ2v) is 5.16. The molecule has 2 aromatic heterocycles. The van der Waals surface area contributed by atoms with Gasteiger partial charge in [-0.2, -0.15) is 0 Å². The maximum Gasteiger partial charge on any atom is 0.137 e. The van der Waals surface area contributed by atoms with Crippen LogP contribution in [0.5, 0.6) is 5.75 Å². The average molecular weight is 307 g/mol. The van der Waals surface area contributed by atoms with Crippen LogP contribution in [0, 0.1) is 6.92 Å². The van der Waals surface area contributed by atoms with Gasteiger partial charge in [0.15, 0.2) is 0 Å². The van der Waals surface area contributed by atoms with E-state index in [9.17, 15) is 9.90 Å². The Bertz CT molecular complexity index is 910. The molecule has 0 spiro atoms. The molecule has 2 heterocycles. The van der Waals surface area contributed by atoms with Crippen molar-refractivity contribution >= 4 is 17.7 Å². The molecule has 0 amide bonds. The number of fused-ring (bicyclic) bond motifs is 1. The Kier molecular flexibility index (Phi) is 3.85. The number of carboxylic acid groups (broad SMARTS) is 1. The third kappa shape index (κ3) is 2.94. The monoisotopic (exact) mass is 307 g/mol. The van der Waals surface area contributed by atoms with Crippen LogP contribution in [-0.2, 0) is 4.79 Å². The molecule has 3 aromatic rings. The number of carbonyl (C=O) groups excluding carboxylic acids is 1. The Balaban J connectivity index is 2.26. The fourth-order valence-electron chi connectivity index (χ4n) is 2.46. The molecule has 0 aliphatic rings. The Labute approximate surface area is 133 Å². The van der Waals surface area contributed by atoms with E-state index in [1.54, 1.807) is 7.11 Å². The van der Waals surface area contributed by atoms with Gasteiger partial charge < -0.3 is 14.6 Å². The molecule has 0 saturated heterocycles. The van der Waals surface area contributed by atoms with Crippen molar-refractivity contribution in [3.05, 3.63) is 59.9 Å². The Hall–Kier alpha value is -3.08. The summed E-state index contributed by atoms with van der Waals surface area (Å²) >= 11 is 0. The molecule has 0 unspecified atom stereocenters. The van der Waals surface area contributed by atoms with Crippen LogP contribution in [0.2, 0.25) is 0 Å². The van der Waals surface area contributed by atoms with E-state index in [-0.39, 0.29) is 0 Å². The first kappa shape index (κ1) is 14.8. The lowest BCUT2D eigenvalue weighted by molar-refractivity contribution is -0.297. The Morgan fingerprint density at radius 3 is 2.87 bits per heavy atom. The number of ether oxygens (including phenoxy) is 1. The average Bonchev–Trinajstić information content (AvgIpc) is 2.90. The topological polar surface area (TPSA) is 66.7 Å². The van der Waals surface area contributed by atoms with Crippen molar-refractivity contribution in [2.24, 2.45) is 0 Å². The minimum atomic E-state index is -1.25. The van der Waals surface area contributed by atoms with Gasteiger partial charge in [0.05, 0.1) is 24.5 Å². The summed E-state index contributed by atoms with van der Waals surface area (Å²) in [7, 11) is 1.60. The normalized spacial score (nSPS) is 11.2. The lowest BCUT2D eigenvalue weighted by Gasteiger charge is -2.04. The number of aromatic nitrogens is 2.